The summed E-state index contributed by atoms with van der Waals surface area (Å²) < 4.78 is 13.1. The third-order valence-electron chi connectivity index (χ3n) is 3.76. The molecule has 7 heteroatoms. The zero-order valence-corrected chi connectivity index (χ0v) is 16.0. The van der Waals surface area contributed by atoms with Crippen molar-refractivity contribution < 1.29 is 9.18 Å². The van der Waals surface area contributed by atoms with Crippen LogP contribution in [0.25, 0.3) is 0 Å². The minimum absolute atomic E-state index is 0.114. The summed E-state index contributed by atoms with van der Waals surface area (Å²) >= 11 is 6.03. The van der Waals surface area contributed by atoms with E-state index in [1.54, 1.807) is 11.0 Å². The van der Waals surface area contributed by atoms with Crippen LogP contribution in [0.3, 0.4) is 0 Å². The summed E-state index contributed by atoms with van der Waals surface area (Å²) in [5.74, 6) is 0.435. The Labute approximate surface area is 154 Å². The van der Waals surface area contributed by atoms with Crippen LogP contribution in [0.15, 0.2) is 23.2 Å². The Morgan fingerprint density at radius 3 is 2.56 bits per heavy atom. The number of nitrogens with zero attached hydrogens (tertiary/aromatic N) is 2. The number of guanidine groups is 1. The monoisotopic (exact) mass is 370 g/mol. The third kappa shape index (κ3) is 7.73. The molecule has 0 atom stereocenters. The van der Waals surface area contributed by atoms with E-state index in [-0.39, 0.29) is 11.7 Å². The molecule has 1 rings (SSSR count). The molecule has 0 aliphatic rings. The fraction of sp³-hybridized carbons (Fsp3) is 0.556. The molecule has 0 heterocycles. The van der Waals surface area contributed by atoms with Crippen LogP contribution in [0.1, 0.15) is 32.8 Å². The minimum Gasteiger partial charge on any atom is -0.357 e. The van der Waals surface area contributed by atoms with Gasteiger partial charge in [-0.05, 0) is 44.9 Å². The van der Waals surface area contributed by atoms with Crippen molar-refractivity contribution in [3.05, 3.63) is 34.6 Å². The molecule has 0 saturated carbocycles. The standard InChI is InChI=1S/C18H28ClFN4O/c1-4-21-18(23-12-10-17(25)24(5-2)6-3)22-11-9-14-7-8-15(20)13-16(14)19/h7-8,13H,4-6,9-12H2,1-3H3,(H2,21,22,23). The average Bonchev–Trinajstić information content (AvgIpc) is 2.58. The van der Waals surface area contributed by atoms with E-state index in [2.05, 4.69) is 15.6 Å². The average molecular weight is 371 g/mol. The van der Waals surface area contributed by atoms with Gasteiger partial charge in [-0.2, -0.15) is 0 Å². The molecule has 1 aromatic carbocycles. The summed E-state index contributed by atoms with van der Waals surface area (Å²) in [6.07, 6.45) is 1.05. The van der Waals surface area contributed by atoms with E-state index in [9.17, 15) is 9.18 Å². The number of hydrogen-bond acceptors (Lipinski definition) is 2. The third-order valence-corrected chi connectivity index (χ3v) is 4.11. The smallest absolute Gasteiger partial charge is 0.224 e. The zero-order chi connectivity index (χ0) is 18.7. The zero-order valence-electron chi connectivity index (χ0n) is 15.2. The number of nitrogens with one attached hydrogen (secondary N) is 2. The molecule has 0 aromatic heterocycles. The molecule has 25 heavy (non-hydrogen) atoms. The maximum atomic E-state index is 13.1. The number of rotatable bonds is 9. The van der Waals surface area contributed by atoms with Gasteiger partial charge in [-0.3, -0.25) is 9.79 Å². The molecule has 1 aromatic rings. The van der Waals surface area contributed by atoms with Gasteiger partial charge in [-0.25, -0.2) is 4.39 Å². The number of aliphatic imine (C=N–C) groups is 1. The highest BCUT2D eigenvalue weighted by Gasteiger charge is 2.08. The first-order valence-electron chi connectivity index (χ1n) is 8.75. The molecule has 0 aliphatic heterocycles. The lowest BCUT2D eigenvalue weighted by Crippen LogP contribution is -2.38. The van der Waals surface area contributed by atoms with Crippen LogP contribution in [0.5, 0.6) is 0 Å². The summed E-state index contributed by atoms with van der Waals surface area (Å²) in [6.45, 7) is 9.13. The molecule has 0 unspecified atom stereocenters. The van der Waals surface area contributed by atoms with Crippen LogP contribution in [-0.2, 0) is 11.2 Å². The molecule has 5 nitrogen and oxygen atoms in total. The number of halogens is 2. The summed E-state index contributed by atoms with van der Waals surface area (Å²) in [5, 5.41) is 6.77. The Hall–Kier alpha value is -1.82. The van der Waals surface area contributed by atoms with Gasteiger partial charge in [-0.1, -0.05) is 17.7 Å². The summed E-state index contributed by atoms with van der Waals surface area (Å²) in [4.78, 5) is 18.2. The molecule has 0 saturated heterocycles. The SMILES string of the molecule is CCNC(=NCCC(=O)N(CC)CC)NCCc1ccc(F)cc1Cl. The molecular weight excluding hydrogens is 343 g/mol. The first-order chi connectivity index (χ1) is 12.0. The highest BCUT2D eigenvalue weighted by atomic mass is 35.5. The van der Waals surface area contributed by atoms with Crippen LogP contribution < -0.4 is 10.6 Å². The van der Waals surface area contributed by atoms with Gasteiger partial charge in [-0.15, -0.1) is 0 Å². The second-order valence-corrected chi connectivity index (χ2v) is 5.90. The predicted octanol–water partition coefficient (Wildman–Crippen LogP) is 2.84. The van der Waals surface area contributed by atoms with Crippen LogP contribution in [0.4, 0.5) is 4.39 Å². The largest absolute Gasteiger partial charge is 0.357 e. The first-order valence-corrected chi connectivity index (χ1v) is 9.13. The van der Waals surface area contributed by atoms with E-state index < -0.39 is 0 Å². The van der Waals surface area contributed by atoms with Crippen LogP contribution in [0.2, 0.25) is 5.02 Å². The Bertz CT molecular complexity index is 576. The number of amides is 1. The Morgan fingerprint density at radius 1 is 1.24 bits per heavy atom. The Morgan fingerprint density at radius 2 is 1.96 bits per heavy atom. The molecule has 1 amide bonds. The number of carbonyl (C=O) groups is 1. The second-order valence-electron chi connectivity index (χ2n) is 5.49. The van der Waals surface area contributed by atoms with Crippen LogP contribution in [-0.4, -0.2) is 49.5 Å². The van der Waals surface area contributed by atoms with E-state index in [1.165, 1.54) is 12.1 Å². The van der Waals surface area contributed by atoms with Gasteiger partial charge in [0, 0.05) is 37.6 Å². The Balaban J connectivity index is 2.48. The van der Waals surface area contributed by atoms with E-state index in [4.69, 9.17) is 11.6 Å². The van der Waals surface area contributed by atoms with Gasteiger partial charge in [0.1, 0.15) is 5.82 Å². The normalized spacial score (nSPS) is 11.3. The van der Waals surface area contributed by atoms with Crippen molar-refractivity contribution in [1.29, 1.82) is 0 Å². The maximum absolute atomic E-state index is 13.1. The highest BCUT2D eigenvalue weighted by molar-refractivity contribution is 6.31. The minimum atomic E-state index is -0.338. The van der Waals surface area contributed by atoms with Gasteiger partial charge in [0.05, 0.1) is 6.54 Å². The van der Waals surface area contributed by atoms with E-state index in [0.717, 1.165) is 25.2 Å². The molecule has 0 aliphatic carbocycles. The molecule has 0 fully saturated rings. The fourth-order valence-electron chi connectivity index (χ4n) is 2.38. The predicted molar refractivity (Wildman–Crippen MR) is 102 cm³/mol. The second kappa shape index (κ2) is 11.7. The van der Waals surface area contributed by atoms with Gasteiger partial charge in [0.15, 0.2) is 5.96 Å². The highest BCUT2D eigenvalue weighted by Crippen LogP contribution is 2.17. The molecule has 0 spiro atoms. The number of benzene rings is 1. The van der Waals surface area contributed by atoms with Crippen molar-refractivity contribution in [1.82, 2.24) is 15.5 Å². The Kier molecular flexibility index (Phi) is 9.92. The van der Waals surface area contributed by atoms with Crippen molar-refractivity contribution in [3.8, 4) is 0 Å². The van der Waals surface area contributed by atoms with Crippen molar-refractivity contribution in [2.24, 2.45) is 4.99 Å². The summed E-state index contributed by atoms with van der Waals surface area (Å²) in [7, 11) is 0. The molecule has 140 valence electrons. The molecule has 2 N–H and O–H groups in total. The van der Waals surface area contributed by atoms with E-state index >= 15 is 0 Å². The van der Waals surface area contributed by atoms with Gasteiger partial charge >= 0.3 is 0 Å². The molecule has 0 bridgehead atoms. The summed E-state index contributed by atoms with van der Waals surface area (Å²) in [5.41, 5.74) is 0.878. The van der Waals surface area contributed by atoms with Crippen molar-refractivity contribution in [3.63, 3.8) is 0 Å². The lowest BCUT2D eigenvalue weighted by molar-refractivity contribution is -0.130. The number of carbonyl (C=O) groups excluding carboxylic acids is 1. The van der Waals surface area contributed by atoms with Gasteiger partial charge in [0.25, 0.3) is 0 Å². The summed E-state index contributed by atoms with van der Waals surface area (Å²) in [6, 6.07) is 4.40. The van der Waals surface area contributed by atoms with E-state index in [1.807, 2.05) is 20.8 Å². The molecular formula is C18H28ClFN4O. The topological polar surface area (TPSA) is 56.7 Å². The first kappa shape index (κ1) is 21.2. The van der Waals surface area contributed by atoms with Crippen molar-refractivity contribution in [2.75, 3.05) is 32.7 Å². The quantitative estimate of drug-likeness (QED) is 0.519. The van der Waals surface area contributed by atoms with E-state index in [0.29, 0.717) is 36.9 Å². The van der Waals surface area contributed by atoms with Gasteiger partial charge < -0.3 is 15.5 Å². The number of hydrogen-bond donors (Lipinski definition) is 2. The van der Waals surface area contributed by atoms with Crippen molar-refractivity contribution in [2.45, 2.75) is 33.6 Å². The lowest BCUT2D eigenvalue weighted by atomic mass is 10.1. The van der Waals surface area contributed by atoms with Crippen LogP contribution in [0, 0.1) is 5.82 Å². The lowest BCUT2D eigenvalue weighted by Gasteiger charge is -2.18. The van der Waals surface area contributed by atoms with Crippen molar-refractivity contribution >= 4 is 23.5 Å². The molecule has 0 radical (unpaired) electrons. The van der Waals surface area contributed by atoms with Gasteiger partial charge in [0.2, 0.25) is 5.91 Å². The fourth-order valence-corrected chi connectivity index (χ4v) is 2.64. The van der Waals surface area contributed by atoms with Crippen LogP contribution >= 0.6 is 11.6 Å². The maximum Gasteiger partial charge on any atom is 0.224 e.